The number of thiazole rings is 1. The molecule has 0 unspecified atom stereocenters. The van der Waals surface area contributed by atoms with Gasteiger partial charge in [-0.3, -0.25) is 4.99 Å². The zero-order valence-electron chi connectivity index (χ0n) is 14.5. The highest BCUT2D eigenvalue weighted by molar-refractivity contribution is 7.11. The molecule has 0 spiro atoms. The van der Waals surface area contributed by atoms with Crippen molar-refractivity contribution in [3.05, 3.63) is 51.2 Å². The first-order valence-electron chi connectivity index (χ1n) is 8.26. The fourth-order valence-corrected chi connectivity index (χ4v) is 3.47. The molecule has 0 aliphatic heterocycles. The van der Waals surface area contributed by atoms with Crippen LogP contribution in [0.1, 0.15) is 28.1 Å². The summed E-state index contributed by atoms with van der Waals surface area (Å²) in [6, 6.07) is 6.69. The third-order valence-corrected chi connectivity index (χ3v) is 4.79. The van der Waals surface area contributed by atoms with Crippen molar-refractivity contribution in [3.63, 3.8) is 0 Å². The van der Waals surface area contributed by atoms with Gasteiger partial charge in [0.25, 0.3) is 0 Å². The van der Waals surface area contributed by atoms with Crippen LogP contribution in [-0.4, -0.2) is 31.1 Å². The molecule has 0 fully saturated rings. The molecular formula is C18H25FN4S. The third kappa shape index (κ3) is 5.60. The molecule has 4 nitrogen and oxygen atoms in total. The van der Waals surface area contributed by atoms with Crippen LogP contribution in [0.2, 0.25) is 0 Å². The van der Waals surface area contributed by atoms with E-state index in [2.05, 4.69) is 34.5 Å². The molecule has 0 radical (unpaired) electrons. The van der Waals surface area contributed by atoms with Gasteiger partial charge in [0.2, 0.25) is 0 Å². The second-order valence-electron chi connectivity index (χ2n) is 5.52. The maximum atomic E-state index is 13.1. The molecule has 0 amide bonds. The van der Waals surface area contributed by atoms with Crippen LogP contribution in [0.4, 0.5) is 4.39 Å². The molecule has 1 heterocycles. The lowest BCUT2D eigenvalue weighted by molar-refractivity contribution is 0.625. The number of nitrogens with one attached hydrogen (secondary N) is 2. The maximum absolute atomic E-state index is 13.1. The first kappa shape index (κ1) is 18.4. The predicted molar refractivity (Wildman–Crippen MR) is 99.4 cm³/mol. The molecular weight excluding hydrogens is 323 g/mol. The molecule has 0 saturated heterocycles. The number of hydrogen-bond donors (Lipinski definition) is 2. The van der Waals surface area contributed by atoms with Gasteiger partial charge in [-0.2, -0.15) is 0 Å². The van der Waals surface area contributed by atoms with Crippen molar-refractivity contribution in [2.45, 2.75) is 33.1 Å². The number of aryl methyl sites for hydroxylation is 2. The molecule has 1 aromatic carbocycles. The van der Waals surface area contributed by atoms with Crippen LogP contribution in [0, 0.1) is 12.7 Å². The van der Waals surface area contributed by atoms with Crippen LogP contribution in [0.25, 0.3) is 0 Å². The molecule has 2 aromatic rings. The van der Waals surface area contributed by atoms with E-state index in [-0.39, 0.29) is 5.82 Å². The van der Waals surface area contributed by atoms with Gasteiger partial charge < -0.3 is 10.6 Å². The molecule has 0 bridgehead atoms. The number of aliphatic imine (C=N–C) groups is 1. The quantitative estimate of drug-likeness (QED) is 0.597. The summed E-state index contributed by atoms with van der Waals surface area (Å²) in [5.41, 5.74) is 2.18. The summed E-state index contributed by atoms with van der Waals surface area (Å²) in [5, 5.41) is 7.70. The summed E-state index contributed by atoms with van der Waals surface area (Å²) in [6.07, 6.45) is 2.62. The van der Waals surface area contributed by atoms with Crippen LogP contribution in [0.5, 0.6) is 0 Å². The fourth-order valence-electron chi connectivity index (χ4n) is 2.45. The van der Waals surface area contributed by atoms with Gasteiger partial charge in [-0.05, 0) is 37.5 Å². The van der Waals surface area contributed by atoms with Crippen molar-refractivity contribution in [1.29, 1.82) is 0 Å². The van der Waals surface area contributed by atoms with Crippen LogP contribution in [0.3, 0.4) is 0 Å². The van der Waals surface area contributed by atoms with Gasteiger partial charge >= 0.3 is 0 Å². The minimum absolute atomic E-state index is 0.194. The van der Waals surface area contributed by atoms with Crippen molar-refractivity contribution in [2.75, 3.05) is 20.1 Å². The Hall–Kier alpha value is -1.95. The molecule has 0 aliphatic carbocycles. The van der Waals surface area contributed by atoms with Crippen molar-refractivity contribution < 1.29 is 4.39 Å². The summed E-state index contributed by atoms with van der Waals surface area (Å²) in [5.74, 6) is 0.565. The topological polar surface area (TPSA) is 49.3 Å². The fraction of sp³-hybridized carbons (Fsp3) is 0.444. The lowest BCUT2D eigenvalue weighted by atomic mass is 10.1. The lowest BCUT2D eigenvalue weighted by Gasteiger charge is -2.11. The van der Waals surface area contributed by atoms with Gasteiger partial charge in [-0.15, -0.1) is 11.3 Å². The van der Waals surface area contributed by atoms with Gasteiger partial charge in [0.05, 0.1) is 10.7 Å². The monoisotopic (exact) mass is 348 g/mol. The summed E-state index contributed by atoms with van der Waals surface area (Å²) in [6.45, 7) is 5.75. The second-order valence-corrected chi connectivity index (χ2v) is 6.81. The molecule has 0 atom stereocenters. The van der Waals surface area contributed by atoms with Crippen LogP contribution in [0.15, 0.2) is 29.3 Å². The normalized spacial score (nSPS) is 11.6. The number of hydrogen-bond acceptors (Lipinski definition) is 3. The Bertz CT molecular complexity index is 681. The van der Waals surface area contributed by atoms with Crippen LogP contribution < -0.4 is 10.6 Å². The smallest absolute Gasteiger partial charge is 0.191 e. The molecule has 0 aliphatic rings. The van der Waals surface area contributed by atoms with E-state index in [0.717, 1.165) is 42.3 Å². The van der Waals surface area contributed by atoms with Gasteiger partial charge in [0.1, 0.15) is 5.82 Å². The Labute approximate surface area is 147 Å². The van der Waals surface area contributed by atoms with Crippen molar-refractivity contribution in [1.82, 2.24) is 15.6 Å². The molecule has 1 aromatic heterocycles. The maximum Gasteiger partial charge on any atom is 0.191 e. The zero-order valence-corrected chi connectivity index (χ0v) is 15.3. The van der Waals surface area contributed by atoms with E-state index in [1.807, 2.05) is 6.07 Å². The summed E-state index contributed by atoms with van der Waals surface area (Å²) < 4.78 is 13.1. The Morgan fingerprint density at radius 1 is 1.25 bits per heavy atom. The molecule has 24 heavy (non-hydrogen) atoms. The largest absolute Gasteiger partial charge is 0.356 e. The van der Waals surface area contributed by atoms with Crippen LogP contribution >= 0.6 is 11.3 Å². The number of rotatable bonds is 7. The van der Waals surface area contributed by atoms with Gasteiger partial charge in [-0.25, -0.2) is 9.37 Å². The van der Waals surface area contributed by atoms with Crippen molar-refractivity contribution in [3.8, 4) is 0 Å². The minimum Gasteiger partial charge on any atom is -0.356 e. The van der Waals surface area contributed by atoms with Gasteiger partial charge in [0.15, 0.2) is 5.96 Å². The molecule has 2 rings (SSSR count). The zero-order chi connectivity index (χ0) is 17.4. The highest BCUT2D eigenvalue weighted by atomic mass is 32.1. The number of benzene rings is 1. The number of guanidine groups is 1. The summed E-state index contributed by atoms with van der Waals surface area (Å²) in [7, 11) is 1.75. The van der Waals surface area contributed by atoms with Crippen molar-refractivity contribution >= 4 is 17.3 Å². The van der Waals surface area contributed by atoms with E-state index in [1.54, 1.807) is 30.5 Å². The SMILES string of the molecule is CCc1nc(CCNC(=NC)NCCc2cccc(F)c2)sc1C. The summed E-state index contributed by atoms with van der Waals surface area (Å²) >= 11 is 1.77. The minimum atomic E-state index is -0.194. The Balaban J connectivity index is 1.72. The van der Waals surface area contributed by atoms with Crippen molar-refractivity contribution in [2.24, 2.45) is 4.99 Å². The first-order chi connectivity index (χ1) is 11.6. The standard InChI is InChI=1S/C18H25FN4S/c1-4-16-13(2)24-17(23-16)9-11-22-18(20-3)21-10-8-14-6-5-7-15(19)12-14/h5-7,12H,4,8-11H2,1-3H3,(H2,20,21,22). The Kier molecular flexibility index (Phi) is 7.18. The number of halogens is 1. The van der Waals surface area contributed by atoms with E-state index in [4.69, 9.17) is 0 Å². The number of nitrogens with zero attached hydrogens (tertiary/aromatic N) is 2. The van der Waals surface area contributed by atoms with E-state index in [9.17, 15) is 4.39 Å². The Morgan fingerprint density at radius 2 is 2.00 bits per heavy atom. The van der Waals surface area contributed by atoms with E-state index in [1.165, 1.54) is 16.6 Å². The lowest BCUT2D eigenvalue weighted by Crippen LogP contribution is -2.39. The summed E-state index contributed by atoms with van der Waals surface area (Å²) in [4.78, 5) is 10.2. The molecule has 2 N–H and O–H groups in total. The van der Waals surface area contributed by atoms with Gasteiger partial charge in [0, 0.05) is 31.4 Å². The third-order valence-electron chi connectivity index (χ3n) is 3.72. The van der Waals surface area contributed by atoms with E-state index < -0.39 is 0 Å². The molecule has 130 valence electrons. The Morgan fingerprint density at radius 3 is 2.62 bits per heavy atom. The molecule has 0 saturated carbocycles. The highest BCUT2D eigenvalue weighted by Gasteiger charge is 2.06. The van der Waals surface area contributed by atoms with E-state index in [0.29, 0.717) is 6.54 Å². The molecule has 6 heteroatoms. The first-order valence-corrected chi connectivity index (χ1v) is 9.08. The van der Waals surface area contributed by atoms with E-state index >= 15 is 0 Å². The highest BCUT2D eigenvalue weighted by Crippen LogP contribution is 2.17. The average molecular weight is 348 g/mol. The second kappa shape index (κ2) is 9.37. The average Bonchev–Trinajstić information content (AvgIpc) is 2.93. The predicted octanol–water partition coefficient (Wildman–Crippen LogP) is 3.10. The number of aromatic nitrogens is 1. The van der Waals surface area contributed by atoms with Crippen LogP contribution in [-0.2, 0) is 19.3 Å². The van der Waals surface area contributed by atoms with Gasteiger partial charge in [-0.1, -0.05) is 19.1 Å².